The van der Waals surface area contributed by atoms with Crippen LogP contribution in [0.1, 0.15) is 13.3 Å². The standard InChI is InChI=1S/C13H12Cl2N4O2/c1-2-6-16-13-17-7-10(19(20)21)12(18-13)8-4-3-5-9(14)11(8)15/h3-5,7H,2,6H2,1H3,(H,16,17,18). The third-order valence-corrected chi connectivity index (χ3v) is 3.52. The fraction of sp³-hybridized carbons (Fsp3) is 0.231. The molecule has 1 aromatic heterocycles. The van der Waals surface area contributed by atoms with Gasteiger partial charge in [-0.15, -0.1) is 0 Å². The zero-order valence-corrected chi connectivity index (χ0v) is 12.6. The first-order chi connectivity index (χ1) is 10.0. The van der Waals surface area contributed by atoms with Crippen molar-refractivity contribution in [2.24, 2.45) is 0 Å². The molecule has 0 saturated carbocycles. The van der Waals surface area contributed by atoms with E-state index in [1.54, 1.807) is 18.2 Å². The number of hydrogen-bond acceptors (Lipinski definition) is 5. The van der Waals surface area contributed by atoms with Crippen molar-refractivity contribution in [2.45, 2.75) is 13.3 Å². The van der Waals surface area contributed by atoms with Gasteiger partial charge in [-0.05, 0) is 12.5 Å². The largest absolute Gasteiger partial charge is 0.354 e. The normalized spacial score (nSPS) is 10.4. The Morgan fingerprint density at radius 2 is 2.14 bits per heavy atom. The van der Waals surface area contributed by atoms with E-state index >= 15 is 0 Å². The first kappa shape index (κ1) is 15.5. The van der Waals surface area contributed by atoms with E-state index in [9.17, 15) is 10.1 Å². The van der Waals surface area contributed by atoms with Crippen LogP contribution in [-0.2, 0) is 0 Å². The van der Waals surface area contributed by atoms with Crippen molar-refractivity contribution in [3.05, 3.63) is 44.6 Å². The molecule has 0 saturated heterocycles. The molecule has 6 nitrogen and oxygen atoms in total. The fourth-order valence-electron chi connectivity index (χ4n) is 1.72. The smallest absolute Gasteiger partial charge is 0.313 e. The first-order valence-electron chi connectivity index (χ1n) is 6.24. The molecule has 8 heteroatoms. The lowest BCUT2D eigenvalue weighted by Gasteiger charge is -2.08. The number of anilines is 1. The maximum absolute atomic E-state index is 11.1. The minimum absolute atomic E-state index is 0.140. The molecule has 0 amide bonds. The third kappa shape index (κ3) is 3.40. The Morgan fingerprint density at radius 1 is 1.38 bits per heavy atom. The zero-order valence-electron chi connectivity index (χ0n) is 11.1. The molecule has 0 aliphatic rings. The van der Waals surface area contributed by atoms with Crippen molar-refractivity contribution in [3.8, 4) is 11.3 Å². The molecule has 21 heavy (non-hydrogen) atoms. The van der Waals surface area contributed by atoms with Crippen LogP contribution in [0.15, 0.2) is 24.4 Å². The molecule has 0 unspecified atom stereocenters. The summed E-state index contributed by atoms with van der Waals surface area (Å²) in [6, 6.07) is 4.90. The summed E-state index contributed by atoms with van der Waals surface area (Å²) >= 11 is 12.1. The summed E-state index contributed by atoms with van der Waals surface area (Å²) in [5, 5.41) is 14.7. The first-order valence-corrected chi connectivity index (χ1v) is 7.00. The van der Waals surface area contributed by atoms with Crippen LogP contribution in [0.3, 0.4) is 0 Å². The Kier molecular flexibility index (Phi) is 4.93. The van der Waals surface area contributed by atoms with Gasteiger partial charge in [0.15, 0.2) is 5.69 Å². The van der Waals surface area contributed by atoms with Crippen molar-refractivity contribution >= 4 is 34.8 Å². The second-order valence-electron chi connectivity index (χ2n) is 4.21. The molecular weight excluding hydrogens is 315 g/mol. The topological polar surface area (TPSA) is 81.0 Å². The van der Waals surface area contributed by atoms with Crippen LogP contribution in [0, 0.1) is 10.1 Å². The molecule has 0 radical (unpaired) electrons. The van der Waals surface area contributed by atoms with Gasteiger partial charge in [-0.1, -0.05) is 42.3 Å². The lowest BCUT2D eigenvalue weighted by Crippen LogP contribution is -2.06. The Balaban J connectivity index is 2.57. The highest BCUT2D eigenvalue weighted by atomic mass is 35.5. The molecule has 1 heterocycles. The van der Waals surface area contributed by atoms with Gasteiger partial charge in [-0.25, -0.2) is 9.97 Å². The zero-order chi connectivity index (χ0) is 15.4. The second kappa shape index (κ2) is 6.69. The van der Waals surface area contributed by atoms with Crippen molar-refractivity contribution in [1.29, 1.82) is 0 Å². The average molecular weight is 327 g/mol. The molecule has 0 aliphatic carbocycles. The molecule has 0 spiro atoms. The number of halogens is 2. The molecule has 1 aromatic carbocycles. The van der Waals surface area contributed by atoms with E-state index in [2.05, 4.69) is 15.3 Å². The number of nitrogens with one attached hydrogen (secondary N) is 1. The molecule has 0 fully saturated rings. The van der Waals surface area contributed by atoms with Crippen LogP contribution in [0.4, 0.5) is 11.6 Å². The van der Waals surface area contributed by atoms with Gasteiger partial charge in [-0.3, -0.25) is 10.1 Å². The molecule has 1 N–H and O–H groups in total. The summed E-state index contributed by atoms with van der Waals surface area (Å²) in [5.74, 6) is 0.313. The van der Waals surface area contributed by atoms with E-state index in [1.807, 2.05) is 6.92 Å². The van der Waals surface area contributed by atoms with E-state index in [-0.39, 0.29) is 16.4 Å². The number of rotatable bonds is 5. The van der Waals surface area contributed by atoms with Crippen LogP contribution in [0.25, 0.3) is 11.3 Å². The number of benzene rings is 1. The Hall–Kier alpha value is -1.92. The van der Waals surface area contributed by atoms with Gasteiger partial charge in [0.05, 0.1) is 15.0 Å². The van der Waals surface area contributed by atoms with E-state index < -0.39 is 4.92 Å². The van der Waals surface area contributed by atoms with E-state index in [0.29, 0.717) is 23.1 Å². The van der Waals surface area contributed by atoms with E-state index in [4.69, 9.17) is 23.2 Å². The highest BCUT2D eigenvalue weighted by Crippen LogP contribution is 2.36. The van der Waals surface area contributed by atoms with Crippen LogP contribution in [-0.4, -0.2) is 21.4 Å². The van der Waals surface area contributed by atoms with E-state index in [0.717, 1.165) is 12.6 Å². The van der Waals surface area contributed by atoms with Crippen LogP contribution in [0.2, 0.25) is 10.0 Å². The van der Waals surface area contributed by atoms with Gasteiger partial charge in [-0.2, -0.15) is 0 Å². The molecule has 110 valence electrons. The Bertz CT molecular complexity index is 679. The number of hydrogen-bond donors (Lipinski definition) is 1. The van der Waals surface area contributed by atoms with Gasteiger partial charge in [0.25, 0.3) is 0 Å². The maximum atomic E-state index is 11.1. The number of aromatic nitrogens is 2. The SMILES string of the molecule is CCCNc1ncc([N+](=O)[O-])c(-c2cccc(Cl)c2Cl)n1. The quantitative estimate of drug-likeness (QED) is 0.658. The van der Waals surface area contributed by atoms with Crippen LogP contribution in [0.5, 0.6) is 0 Å². The predicted molar refractivity (Wildman–Crippen MR) is 82.9 cm³/mol. The van der Waals surface area contributed by atoms with Gasteiger partial charge < -0.3 is 5.32 Å². The molecule has 0 aliphatic heterocycles. The van der Waals surface area contributed by atoms with Crippen LogP contribution < -0.4 is 5.32 Å². The van der Waals surface area contributed by atoms with Gasteiger partial charge >= 0.3 is 5.69 Å². The Morgan fingerprint density at radius 3 is 2.81 bits per heavy atom. The molecular formula is C13H12Cl2N4O2. The fourth-order valence-corrected chi connectivity index (χ4v) is 2.11. The maximum Gasteiger partial charge on any atom is 0.313 e. The highest BCUT2D eigenvalue weighted by molar-refractivity contribution is 6.43. The summed E-state index contributed by atoms with van der Waals surface area (Å²) in [6.07, 6.45) is 2.05. The summed E-state index contributed by atoms with van der Waals surface area (Å²) in [7, 11) is 0. The van der Waals surface area contributed by atoms with Gasteiger partial charge in [0.1, 0.15) is 6.20 Å². The highest BCUT2D eigenvalue weighted by Gasteiger charge is 2.21. The van der Waals surface area contributed by atoms with Crippen molar-refractivity contribution in [2.75, 3.05) is 11.9 Å². The lowest BCUT2D eigenvalue weighted by atomic mass is 10.1. The van der Waals surface area contributed by atoms with Crippen molar-refractivity contribution in [1.82, 2.24) is 9.97 Å². The molecule has 0 atom stereocenters. The third-order valence-electron chi connectivity index (χ3n) is 2.71. The predicted octanol–water partition coefficient (Wildman–Crippen LogP) is 4.18. The number of nitrogens with zero attached hydrogens (tertiary/aromatic N) is 3. The van der Waals surface area contributed by atoms with Crippen LogP contribution >= 0.6 is 23.2 Å². The minimum atomic E-state index is -0.545. The summed E-state index contributed by atoms with van der Waals surface area (Å²) in [5.41, 5.74) is 0.320. The van der Waals surface area contributed by atoms with Gasteiger partial charge in [0.2, 0.25) is 5.95 Å². The van der Waals surface area contributed by atoms with E-state index in [1.165, 1.54) is 0 Å². The Labute approximate surface area is 131 Å². The molecule has 2 rings (SSSR count). The molecule has 2 aromatic rings. The second-order valence-corrected chi connectivity index (χ2v) is 5.00. The van der Waals surface area contributed by atoms with Crippen molar-refractivity contribution < 1.29 is 4.92 Å². The average Bonchev–Trinajstić information content (AvgIpc) is 2.47. The number of nitro groups is 1. The van der Waals surface area contributed by atoms with Crippen molar-refractivity contribution in [3.63, 3.8) is 0 Å². The monoisotopic (exact) mass is 326 g/mol. The molecule has 0 bridgehead atoms. The summed E-state index contributed by atoms with van der Waals surface area (Å²) < 4.78 is 0. The lowest BCUT2D eigenvalue weighted by molar-refractivity contribution is -0.384. The van der Waals surface area contributed by atoms with Gasteiger partial charge in [0, 0.05) is 12.1 Å². The minimum Gasteiger partial charge on any atom is -0.354 e. The summed E-state index contributed by atoms with van der Waals surface area (Å²) in [4.78, 5) is 18.7. The summed E-state index contributed by atoms with van der Waals surface area (Å²) in [6.45, 7) is 2.66.